The van der Waals surface area contributed by atoms with E-state index in [9.17, 15) is 8.78 Å². The Balaban J connectivity index is 1.83. The maximum atomic E-state index is 13.7. The van der Waals surface area contributed by atoms with Crippen LogP contribution in [0.25, 0.3) is 0 Å². The average Bonchev–Trinajstić information content (AvgIpc) is 2.92. The highest BCUT2D eigenvalue weighted by molar-refractivity contribution is 7.71. The molecule has 2 aromatic carbocycles. The number of nitrogens with zero attached hydrogens (tertiary/aromatic N) is 3. The Hall–Kier alpha value is -2.87. The Morgan fingerprint density at radius 2 is 1.85 bits per heavy atom. The van der Waals surface area contributed by atoms with Gasteiger partial charge in [-0.15, -0.1) is 0 Å². The minimum absolute atomic E-state index is 0.0904. The molecule has 0 radical (unpaired) electrons. The average molecular weight is 374 g/mol. The summed E-state index contributed by atoms with van der Waals surface area (Å²) in [6, 6.07) is 9.43. The largest absolute Gasteiger partial charge is 0.486 e. The summed E-state index contributed by atoms with van der Waals surface area (Å²) in [5.74, 6) is -0.358. The maximum absolute atomic E-state index is 13.7. The minimum Gasteiger partial charge on any atom is -0.486 e. The van der Waals surface area contributed by atoms with Crippen LogP contribution in [0.2, 0.25) is 0 Å². The molecule has 0 bridgehead atoms. The van der Waals surface area contributed by atoms with E-state index >= 15 is 0 Å². The zero-order valence-corrected chi connectivity index (χ0v) is 15.0. The van der Waals surface area contributed by atoms with Crippen molar-refractivity contribution in [1.29, 1.82) is 0 Å². The molecule has 0 spiro atoms. The Labute approximate surface area is 154 Å². The molecule has 0 fully saturated rings. The first-order chi connectivity index (χ1) is 12.4. The van der Waals surface area contributed by atoms with Gasteiger partial charge in [0.2, 0.25) is 4.77 Å². The third-order valence-electron chi connectivity index (χ3n) is 3.58. The van der Waals surface area contributed by atoms with Crippen molar-refractivity contribution >= 4 is 18.4 Å². The molecule has 5 nitrogen and oxygen atoms in total. The van der Waals surface area contributed by atoms with Gasteiger partial charge in [0.25, 0.3) is 0 Å². The predicted octanol–water partition coefficient (Wildman–Crippen LogP) is 4.30. The third kappa shape index (κ3) is 4.02. The van der Waals surface area contributed by atoms with Crippen molar-refractivity contribution < 1.29 is 13.5 Å². The van der Waals surface area contributed by atoms with E-state index in [0.717, 1.165) is 29.5 Å². The lowest BCUT2D eigenvalue weighted by Gasteiger charge is -2.07. The lowest BCUT2D eigenvalue weighted by molar-refractivity contribution is 0.290. The molecule has 0 saturated heterocycles. The van der Waals surface area contributed by atoms with Gasteiger partial charge in [0, 0.05) is 0 Å². The zero-order valence-electron chi connectivity index (χ0n) is 14.2. The smallest absolute Gasteiger partial charge is 0.216 e. The molecule has 26 heavy (non-hydrogen) atoms. The molecule has 134 valence electrons. The van der Waals surface area contributed by atoms with Gasteiger partial charge in [0.05, 0.1) is 11.8 Å². The zero-order chi connectivity index (χ0) is 18.7. The molecular formula is C18H16F2N4OS. The number of H-pyrrole nitrogens is 1. The minimum atomic E-state index is -0.711. The number of halogens is 2. The number of aromatic nitrogens is 3. The first-order valence-corrected chi connectivity index (χ1v) is 8.20. The fourth-order valence-electron chi connectivity index (χ4n) is 2.45. The van der Waals surface area contributed by atoms with Crippen molar-refractivity contribution in [2.45, 2.75) is 20.5 Å². The van der Waals surface area contributed by atoms with E-state index in [-0.39, 0.29) is 16.9 Å². The summed E-state index contributed by atoms with van der Waals surface area (Å²) in [7, 11) is 0. The van der Waals surface area contributed by atoms with Crippen molar-refractivity contribution in [3.63, 3.8) is 0 Å². The van der Waals surface area contributed by atoms with Crippen molar-refractivity contribution in [3.8, 4) is 5.75 Å². The quantitative estimate of drug-likeness (QED) is 0.535. The summed E-state index contributed by atoms with van der Waals surface area (Å²) in [5.41, 5.74) is 1.90. The highest BCUT2D eigenvalue weighted by Gasteiger charge is 2.09. The van der Waals surface area contributed by atoms with Crippen LogP contribution in [0, 0.1) is 30.3 Å². The summed E-state index contributed by atoms with van der Waals surface area (Å²) in [6.07, 6.45) is 1.07. The highest BCUT2D eigenvalue weighted by atomic mass is 32.1. The standard InChI is InChI=1S/C18H16F2N4OS/c1-11-6-12(2)8-13(7-11)25-10-17-22-23-18(26)24(17)21-9-14-15(19)4-3-5-16(14)20/h3-9H,10H2,1-2H3,(H,23,26)/b21-9-. The van der Waals surface area contributed by atoms with Gasteiger partial charge in [-0.1, -0.05) is 12.1 Å². The van der Waals surface area contributed by atoms with E-state index in [4.69, 9.17) is 17.0 Å². The van der Waals surface area contributed by atoms with E-state index in [2.05, 4.69) is 15.3 Å². The monoisotopic (exact) mass is 374 g/mol. The van der Waals surface area contributed by atoms with E-state index in [1.807, 2.05) is 32.0 Å². The summed E-state index contributed by atoms with van der Waals surface area (Å²) >= 11 is 5.11. The topological polar surface area (TPSA) is 55.2 Å². The van der Waals surface area contributed by atoms with Crippen molar-refractivity contribution in [2.75, 3.05) is 0 Å². The van der Waals surface area contributed by atoms with Crippen molar-refractivity contribution in [3.05, 3.63) is 75.3 Å². The third-order valence-corrected chi connectivity index (χ3v) is 3.85. The molecule has 3 rings (SSSR count). The van der Waals surface area contributed by atoms with Crippen LogP contribution in [0.3, 0.4) is 0 Å². The molecule has 0 amide bonds. The Morgan fingerprint density at radius 1 is 1.19 bits per heavy atom. The number of nitrogens with one attached hydrogen (secondary N) is 1. The fraction of sp³-hybridized carbons (Fsp3) is 0.167. The van der Waals surface area contributed by atoms with Gasteiger partial charge < -0.3 is 4.74 Å². The van der Waals surface area contributed by atoms with E-state index in [0.29, 0.717) is 11.6 Å². The molecule has 0 saturated carbocycles. The number of ether oxygens (including phenoxy) is 1. The number of aryl methyl sites for hydroxylation is 2. The summed E-state index contributed by atoms with van der Waals surface area (Å²) in [6.45, 7) is 4.04. The number of aromatic amines is 1. The number of benzene rings is 2. The predicted molar refractivity (Wildman–Crippen MR) is 97.0 cm³/mol. The Bertz CT molecular complexity index is 986. The molecule has 1 aromatic heterocycles. The molecule has 0 aliphatic rings. The summed E-state index contributed by atoms with van der Waals surface area (Å²) in [4.78, 5) is 0. The van der Waals surface area contributed by atoms with Gasteiger partial charge >= 0.3 is 0 Å². The second-order valence-electron chi connectivity index (χ2n) is 5.75. The van der Waals surface area contributed by atoms with Gasteiger partial charge in [-0.2, -0.15) is 14.9 Å². The summed E-state index contributed by atoms with van der Waals surface area (Å²) in [5, 5.41) is 10.7. The SMILES string of the molecule is Cc1cc(C)cc(OCc2n[nH]c(=S)n2/N=C\c2c(F)cccc2F)c1. The molecule has 0 aliphatic heterocycles. The molecule has 0 aliphatic carbocycles. The maximum Gasteiger partial charge on any atom is 0.216 e. The molecule has 1 N–H and O–H groups in total. The molecule has 0 atom stereocenters. The molecule has 8 heteroatoms. The number of rotatable bonds is 5. The first-order valence-electron chi connectivity index (χ1n) is 7.80. The first kappa shape index (κ1) is 17.9. The number of hydrogen-bond donors (Lipinski definition) is 1. The second kappa shape index (κ2) is 7.57. The van der Waals surface area contributed by atoms with Gasteiger partial charge in [-0.05, 0) is 61.5 Å². The van der Waals surface area contributed by atoms with Gasteiger partial charge in [0.15, 0.2) is 5.82 Å². The highest BCUT2D eigenvalue weighted by Crippen LogP contribution is 2.17. The van der Waals surface area contributed by atoms with Crippen LogP contribution in [-0.4, -0.2) is 21.1 Å². The molecule has 3 aromatic rings. The van der Waals surface area contributed by atoms with Crippen molar-refractivity contribution in [2.24, 2.45) is 5.10 Å². The van der Waals surface area contributed by atoms with Crippen LogP contribution in [0.1, 0.15) is 22.5 Å². The van der Waals surface area contributed by atoms with Crippen LogP contribution >= 0.6 is 12.2 Å². The van der Waals surface area contributed by atoms with Gasteiger partial charge in [-0.3, -0.25) is 0 Å². The van der Waals surface area contributed by atoms with E-state index < -0.39 is 11.6 Å². The van der Waals surface area contributed by atoms with Crippen LogP contribution < -0.4 is 4.74 Å². The number of hydrogen-bond acceptors (Lipinski definition) is 4. The lowest BCUT2D eigenvalue weighted by Crippen LogP contribution is -2.05. The van der Waals surface area contributed by atoms with E-state index in [1.54, 1.807) is 0 Å². The Morgan fingerprint density at radius 3 is 2.50 bits per heavy atom. The molecular weight excluding hydrogens is 358 g/mol. The molecule has 1 heterocycles. The normalized spacial score (nSPS) is 11.2. The lowest BCUT2D eigenvalue weighted by atomic mass is 10.1. The van der Waals surface area contributed by atoms with Crippen LogP contribution in [0.4, 0.5) is 8.78 Å². The van der Waals surface area contributed by atoms with E-state index in [1.165, 1.54) is 10.7 Å². The fourth-order valence-corrected chi connectivity index (χ4v) is 2.65. The van der Waals surface area contributed by atoms with Crippen molar-refractivity contribution in [1.82, 2.24) is 14.9 Å². The Kier molecular flexibility index (Phi) is 5.22. The van der Waals surface area contributed by atoms with Crippen LogP contribution in [0.5, 0.6) is 5.75 Å². The summed E-state index contributed by atoms with van der Waals surface area (Å²) < 4.78 is 34.6. The van der Waals surface area contributed by atoms with Crippen LogP contribution in [-0.2, 0) is 6.61 Å². The molecule has 0 unspecified atom stereocenters. The van der Waals surface area contributed by atoms with Gasteiger partial charge in [-0.25, -0.2) is 13.9 Å². The van der Waals surface area contributed by atoms with Crippen LogP contribution in [0.15, 0.2) is 41.5 Å². The van der Waals surface area contributed by atoms with Gasteiger partial charge in [0.1, 0.15) is 24.0 Å². The second-order valence-corrected chi connectivity index (χ2v) is 6.14.